The number of hydrogen-bond donors (Lipinski definition) is 2. The molecule has 1 unspecified atom stereocenters. The first kappa shape index (κ1) is 19.2. The molecule has 1 amide bonds. The van der Waals surface area contributed by atoms with Gasteiger partial charge < -0.3 is 19.9 Å². The van der Waals surface area contributed by atoms with Crippen molar-refractivity contribution in [1.82, 2.24) is 15.3 Å². The Labute approximate surface area is 151 Å². The van der Waals surface area contributed by atoms with Crippen LogP contribution in [-0.2, 0) is 16.0 Å². The number of rotatable bonds is 6. The summed E-state index contributed by atoms with van der Waals surface area (Å²) in [5.41, 5.74) is 0.0147. The normalized spacial score (nSPS) is 12.1. The zero-order chi connectivity index (χ0) is 19.2. The second-order valence-corrected chi connectivity index (χ2v) is 6.52. The molecule has 1 atom stereocenters. The molecule has 0 saturated heterocycles. The highest BCUT2D eigenvalue weighted by Crippen LogP contribution is 2.18. The third-order valence-corrected chi connectivity index (χ3v) is 3.10. The summed E-state index contributed by atoms with van der Waals surface area (Å²) >= 11 is 0. The van der Waals surface area contributed by atoms with E-state index in [2.05, 4.69) is 15.3 Å². The smallest absolute Gasteiger partial charge is 0.408 e. The molecule has 8 heteroatoms. The Hall–Kier alpha value is -3.16. The van der Waals surface area contributed by atoms with E-state index in [-0.39, 0.29) is 12.4 Å². The Morgan fingerprint density at radius 1 is 1.15 bits per heavy atom. The number of carboxylic acids is 1. The fourth-order valence-electron chi connectivity index (χ4n) is 2.02. The van der Waals surface area contributed by atoms with Crippen LogP contribution in [0.5, 0.6) is 11.8 Å². The standard InChI is InChI=1S/C18H21N3O5/c1-18(2,3)26-17(24)21-14(15(22)23)11-12-5-7-13(8-6-12)25-16-19-9-4-10-20-16/h4-10,14H,11H2,1-3H3,(H,21,24)(H,22,23). The maximum Gasteiger partial charge on any atom is 0.408 e. The van der Waals surface area contributed by atoms with E-state index in [1.807, 2.05) is 0 Å². The second kappa shape index (κ2) is 8.28. The molecule has 0 spiro atoms. The molecule has 2 rings (SSSR count). The molecule has 0 aliphatic heterocycles. The van der Waals surface area contributed by atoms with Crippen LogP contribution in [0.2, 0.25) is 0 Å². The Kier molecular flexibility index (Phi) is 6.11. The van der Waals surface area contributed by atoms with Crippen molar-refractivity contribution in [3.8, 4) is 11.8 Å². The average Bonchev–Trinajstić information content (AvgIpc) is 2.55. The number of aliphatic carboxylic acids is 1. The summed E-state index contributed by atoms with van der Waals surface area (Å²) in [5, 5.41) is 11.7. The summed E-state index contributed by atoms with van der Waals surface area (Å²) in [5.74, 6) is -0.624. The minimum absolute atomic E-state index is 0.108. The number of amides is 1. The van der Waals surface area contributed by atoms with Gasteiger partial charge in [0, 0.05) is 18.8 Å². The van der Waals surface area contributed by atoms with Gasteiger partial charge in [-0.25, -0.2) is 19.6 Å². The quantitative estimate of drug-likeness (QED) is 0.816. The first-order valence-corrected chi connectivity index (χ1v) is 7.99. The first-order chi connectivity index (χ1) is 12.2. The highest BCUT2D eigenvalue weighted by atomic mass is 16.6. The lowest BCUT2D eigenvalue weighted by Crippen LogP contribution is -2.44. The third kappa shape index (κ3) is 6.39. The van der Waals surface area contributed by atoms with Crippen LogP contribution in [-0.4, -0.2) is 38.8 Å². The highest BCUT2D eigenvalue weighted by Gasteiger charge is 2.24. The number of nitrogens with zero attached hydrogens (tertiary/aromatic N) is 2. The van der Waals surface area contributed by atoms with Gasteiger partial charge in [0.05, 0.1) is 0 Å². The van der Waals surface area contributed by atoms with Crippen molar-refractivity contribution in [3.63, 3.8) is 0 Å². The van der Waals surface area contributed by atoms with Crippen LogP contribution >= 0.6 is 0 Å². The van der Waals surface area contributed by atoms with E-state index < -0.39 is 23.7 Å². The average molecular weight is 359 g/mol. The zero-order valence-electron chi connectivity index (χ0n) is 14.8. The van der Waals surface area contributed by atoms with Crippen molar-refractivity contribution in [3.05, 3.63) is 48.3 Å². The Balaban J connectivity index is 1.98. The van der Waals surface area contributed by atoms with Gasteiger partial charge in [-0.2, -0.15) is 0 Å². The second-order valence-electron chi connectivity index (χ2n) is 6.52. The molecule has 2 aromatic rings. The van der Waals surface area contributed by atoms with Gasteiger partial charge in [-0.1, -0.05) is 12.1 Å². The Bertz CT molecular complexity index is 742. The summed E-state index contributed by atoms with van der Waals surface area (Å²) in [6.07, 6.45) is 2.47. The van der Waals surface area contributed by atoms with Crippen LogP contribution in [0.25, 0.3) is 0 Å². The summed E-state index contributed by atoms with van der Waals surface area (Å²) in [7, 11) is 0. The highest BCUT2D eigenvalue weighted by molar-refractivity contribution is 5.80. The zero-order valence-corrected chi connectivity index (χ0v) is 14.8. The van der Waals surface area contributed by atoms with E-state index in [1.54, 1.807) is 63.5 Å². The number of carbonyl (C=O) groups is 2. The van der Waals surface area contributed by atoms with Crippen molar-refractivity contribution in [2.45, 2.75) is 38.8 Å². The molecule has 0 saturated carbocycles. The number of aromatic nitrogens is 2. The molecular formula is C18H21N3O5. The Morgan fingerprint density at radius 2 is 1.77 bits per heavy atom. The molecule has 0 fully saturated rings. The van der Waals surface area contributed by atoms with E-state index in [1.165, 1.54) is 0 Å². The fraction of sp³-hybridized carbons (Fsp3) is 0.333. The number of hydrogen-bond acceptors (Lipinski definition) is 6. The van der Waals surface area contributed by atoms with Gasteiger partial charge in [0.25, 0.3) is 0 Å². The third-order valence-electron chi connectivity index (χ3n) is 3.10. The van der Waals surface area contributed by atoms with E-state index in [0.29, 0.717) is 5.75 Å². The lowest BCUT2D eigenvalue weighted by Gasteiger charge is -2.22. The van der Waals surface area contributed by atoms with E-state index in [4.69, 9.17) is 9.47 Å². The van der Waals surface area contributed by atoms with Crippen molar-refractivity contribution in [2.75, 3.05) is 0 Å². The van der Waals surface area contributed by atoms with Crippen LogP contribution in [0.1, 0.15) is 26.3 Å². The van der Waals surface area contributed by atoms with Crippen LogP contribution in [0.15, 0.2) is 42.7 Å². The van der Waals surface area contributed by atoms with Gasteiger partial charge in [0.1, 0.15) is 17.4 Å². The maximum atomic E-state index is 11.8. The van der Waals surface area contributed by atoms with Gasteiger partial charge >= 0.3 is 18.1 Å². The number of carbonyl (C=O) groups excluding carboxylic acids is 1. The molecule has 1 heterocycles. The molecule has 138 valence electrons. The number of carboxylic acid groups (broad SMARTS) is 1. The van der Waals surface area contributed by atoms with Crippen molar-refractivity contribution in [1.29, 1.82) is 0 Å². The van der Waals surface area contributed by atoms with Gasteiger partial charge in [0.15, 0.2) is 0 Å². The SMILES string of the molecule is CC(C)(C)OC(=O)NC(Cc1ccc(Oc2ncccn2)cc1)C(=O)O. The molecule has 1 aromatic heterocycles. The minimum atomic E-state index is -1.14. The largest absolute Gasteiger partial charge is 0.480 e. The maximum absolute atomic E-state index is 11.8. The summed E-state index contributed by atoms with van der Waals surface area (Å²) in [6, 6.07) is 7.58. The lowest BCUT2D eigenvalue weighted by molar-refractivity contribution is -0.139. The predicted octanol–water partition coefficient (Wildman–Crippen LogP) is 2.79. The van der Waals surface area contributed by atoms with Crippen molar-refractivity contribution < 1.29 is 24.2 Å². The fourth-order valence-corrected chi connectivity index (χ4v) is 2.02. The predicted molar refractivity (Wildman–Crippen MR) is 93.0 cm³/mol. The van der Waals surface area contributed by atoms with E-state index >= 15 is 0 Å². The van der Waals surface area contributed by atoms with Gasteiger partial charge in [-0.3, -0.25) is 0 Å². The molecule has 0 aliphatic carbocycles. The number of nitrogens with one attached hydrogen (secondary N) is 1. The molecule has 1 aromatic carbocycles. The van der Waals surface area contributed by atoms with E-state index in [0.717, 1.165) is 5.56 Å². The topological polar surface area (TPSA) is 111 Å². The molecule has 8 nitrogen and oxygen atoms in total. The molecule has 0 radical (unpaired) electrons. The minimum Gasteiger partial charge on any atom is -0.480 e. The molecule has 0 bridgehead atoms. The molecule has 2 N–H and O–H groups in total. The molecule has 26 heavy (non-hydrogen) atoms. The van der Waals surface area contributed by atoms with Crippen LogP contribution in [0.3, 0.4) is 0 Å². The Morgan fingerprint density at radius 3 is 2.31 bits per heavy atom. The lowest BCUT2D eigenvalue weighted by atomic mass is 10.1. The van der Waals surface area contributed by atoms with Gasteiger partial charge in [-0.15, -0.1) is 0 Å². The monoisotopic (exact) mass is 359 g/mol. The summed E-state index contributed by atoms with van der Waals surface area (Å²) < 4.78 is 10.6. The van der Waals surface area contributed by atoms with Crippen LogP contribution in [0.4, 0.5) is 4.79 Å². The number of benzene rings is 1. The number of ether oxygens (including phenoxy) is 2. The first-order valence-electron chi connectivity index (χ1n) is 7.99. The van der Waals surface area contributed by atoms with Crippen LogP contribution in [0, 0.1) is 0 Å². The van der Waals surface area contributed by atoms with Crippen LogP contribution < -0.4 is 10.1 Å². The van der Waals surface area contributed by atoms with Gasteiger partial charge in [0.2, 0.25) is 0 Å². The summed E-state index contributed by atoms with van der Waals surface area (Å²) in [4.78, 5) is 31.1. The molecular weight excluding hydrogens is 338 g/mol. The van der Waals surface area contributed by atoms with Crippen molar-refractivity contribution in [2.24, 2.45) is 0 Å². The number of alkyl carbamates (subject to hydrolysis) is 1. The van der Waals surface area contributed by atoms with Gasteiger partial charge in [-0.05, 0) is 44.5 Å². The molecule has 0 aliphatic rings. The van der Waals surface area contributed by atoms with Crippen molar-refractivity contribution >= 4 is 12.1 Å². The summed E-state index contributed by atoms with van der Waals surface area (Å²) in [6.45, 7) is 5.12. The van der Waals surface area contributed by atoms with E-state index in [9.17, 15) is 14.7 Å².